The molecule has 0 fully saturated rings. The van der Waals surface area contributed by atoms with Crippen LogP contribution in [0.15, 0.2) is 36.4 Å². The van der Waals surface area contributed by atoms with Gasteiger partial charge < -0.3 is 4.74 Å². The van der Waals surface area contributed by atoms with Crippen molar-refractivity contribution in [3.05, 3.63) is 58.7 Å². The zero-order chi connectivity index (χ0) is 42.9. The van der Waals surface area contributed by atoms with Crippen molar-refractivity contribution < 1.29 is 119 Å². The van der Waals surface area contributed by atoms with E-state index in [0.717, 1.165) is 0 Å². The van der Waals surface area contributed by atoms with Crippen molar-refractivity contribution >= 4 is 0 Å². The highest BCUT2D eigenvalue weighted by Gasteiger charge is 2.92. The van der Waals surface area contributed by atoms with Gasteiger partial charge in [0.05, 0.1) is 0 Å². The topological polar surface area (TPSA) is 9.23 Å². The molecule has 0 radical (unpaired) electrons. The molecule has 0 bridgehead atoms. The standard InChI is InChI=1S/C27H12F26O/c1-15(2)11-7-9(16(28,29)18(32,33)20(36,37)22(40,41)24(44,45)26(48,49)50)3-5-13(11)54-14-6-4-10(8-12(14)15)17(30,31)19(34,35)21(38,39)23(42,43)25(46,47)27(51,52)53/h3-8H,1-2H3. The number of halogens is 26. The van der Waals surface area contributed by atoms with E-state index < -0.39 is 123 Å². The molecule has 0 unspecified atom stereocenters. The zero-order valence-corrected chi connectivity index (χ0v) is 25.2. The molecule has 0 atom stereocenters. The van der Waals surface area contributed by atoms with E-state index in [0.29, 0.717) is 13.8 Å². The highest BCUT2D eigenvalue weighted by atomic mass is 19.4. The average Bonchev–Trinajstić information content (AvgIpc) is 2.98. The lowest BCUT2D eigenvalue weighted by atomic mass is 9.74. The molecule has 0 spiro atoms. The predicted octanol–water partition coefficient (Wildman–Crippen LogP) is 12.5. The van der Waals surface area contributed by atoms with Crippen molar-refractivity contribution in [1.29, 1.82) is 0 Å². The van der Waals surface area contributed by atoms with Crippen molar-refractivity contribution in [2.45, 2.75) is 90.8 Å². The first-order valence-electron chi connectivity index (χ1n) is 13.3. The van der Waals surface area contributed by atoms with Crippen LogP contribution in [0.3, 0.4) is 0 Å². The number of ether oxygens (including phenoxy) is 1. The zero-order valence-electron chi connectivity index (χ0n) is 25.2. The minimum Gasteiger partial charge on any atom is -0.457 e. The molecule has 0 N–H and O–H groups in total. The SMILES string of the molecule is CC1(C)c2cc(C(F)(F)C(F)(F)C(F)(F)C(F)(F)C(F)(F)C(F)(F)F)ccc2Oc2ccc(C(F)(F)C(F)(F)C(F)(F)C(F)(F)C(F)(F)C(F)(F)F)cc21. The fourth-order valence-corrected chi connectivity index (χ4v) is 4.77. The van der Waals surface area contributed by atoms with Crippen molar-refractivity contribution in [1.82, 2.24) is 0 Å². The van der Waals surface area contributed by atoms with Gasteiger partial charge in [-0.3, -0.25) is 0 Å². The van der Waals surface area contributed by atoms with Gasteiger partial charge in [0.2, 0.25) is 0 Å². The highest BCUT2D eigenvalue weighted by Crippen LogP contribution is 2.64. The molecule has 2 aromatic rings. The third-order valence-corrected chi connectivity index (χ3v) is 8.12. The summed E-state index contributed by atoms with van der Waals surface area (Å²) in [7, 11) is 0. The number of hydrogen-bond acceptors (Lipinski definition) is 1. The normalized spacial score (nSPS) is 17.2. The Morgan fingerprint density at radius 3 is 0.833 bits per heavy atom. The molecule has 0 aliphatic carbocycles. The lowest BCUT2D eigenvalue weighted by Crippen LogP contribution is -2.69. The van der Waals surface area contributed by atoms with Crippen LogP contribution in [0.5, 0.6) is 11.5 Å². The van der Waals surface area contributed by atoms with Crippen LogP contribution in [0.2, 0.25) is 0 Å². The summed E-state index contributed by atoms with van der Waals surface area (Å²) >= 11 is 0. The molecule has 0 saturated carbocycles. The predicted molar refractivity (Wildman–Crippen MR) is 125 cm³/mol. The monoisotopic (exact) mass is 846 g/mol. The molecule has 1 nitrogen and oxygen atoms in total. The van der Waals surface area contributed by atoms with E-state index in [-0.39, 0.29) is 24.3 Å². The molecule has 2 aromatic carbocycles. The van der Waals surface area contributed by atoms with Gasteiger partial charge in [-0.2, -0.15) is 114 Å². The molecule has 308 valence electrons. The number of fused-ring (bicyclic) bond motifs is 2. The van der Waals surface area contributed by atoms with Gasteiger partial charge in [-0.25, -0.2) is 0 Å². The maximum Gasteiger partial charge on any atom is 0.460 e. The van der Waals surface area contributed by atoms with Crippen molar-refractivity contribution in [2.75, 3.05) is 0 Å². The third-order valence-electron chi connectivity index (χ3n) is 8.12. The van der Waals surface area contributed by atoms with Gasteiger partial charge in [-0.1, -0.05) is 13.8 Å². The maximum absolute atomic E-state index is 14.9. The second-order valence-corrected chi connectivity index (χ2v) is 11.9. The van der Waals surface area contributed by atoms with Gasteiger partial charge >= 0.3 is 71.6 Å². The van der Waals surface area contributed by atoms with E-state index >= 15 is 0 Å². The van der Waals surface area contributed by atoms with Crippen LogP contribution in [-0.2, 0) is 17.3 Å². The van der Waals surface area contributed by atoms with Crippen LogP contribution in [-0.4, -0.2) is 59.7 Å². The highest BCUT2D eigenvalue weighted by molar-refractivity contribution is 5.59. The molecule has 54 heavy (non-hydrogen) atoms. The van der Waals surface area contributed by atoms with Crippen molar-refractivity contribution in [2.24, 2.45) is 0 Å². The fourth-order valence-electron chi connectivity index (χ4n) is 4.77. The third kappa shape index (κ3) is 5.52. The van der Waals surface area contributed by atoms with Gasteiger partial charge in [0, 0.05) is 27.7 Å². The first kappa shape index (κ1) is 44.8. The van der Waals surface area contributed by atoms with E-state index in [4.69, 9.17) is 4.74 Å². The van der Waals surface area contributed by atoms with Crippen molar-refractivity contribution in [3.8, 4) is 11.5 Å². The molecule has 1 aliphatic heterocycles. The molecule has 1 aliphatic rings. The Kier molecular flexibility index (Phi) is 9.73. The van der Waals surface area contributed by atoms with E-state index in [1.54, 1.807) is 0 Å². The Bertz CT molecular complexity index is 1640. The lowest BCUT2D eigenvalue weighted by molar-refractivity contribution is -0.441. The van der Waals surface area contributed by atoms with Crippen LogP contribution < -0.4 is 4.74 Å². The maximum atomic E-state index is 14.9. The smallest absolute Gasteiger partial charge is 0.457 e. The molecule has 0 saturated heterocycles. The summed E-state index contributed by atoms with van der Waals surface area (Å²) < 4.78 is 361. The van der Waals surface area contributed by atoms with Gasteiger partial charge in [0.1, 0.15) is 11.5 Å². The summed E-state index contributed by atoms with van der Waals surface area (Å²) in [5, 5.41) is 0. The summed E-state index contributed by atoms with van der Waals surface area (Å²) in [4.78, 5) is 0. The minimum atomic E-state index is -8.31. The number of benzene rings is 2. The van der Waals surface area contributed by atoms with E-state index in [1.165, 1.54) is 0 Å². The van der Waals surface area contributed by atoms with Crippen LogP contribution >= 0.6 is 0 Å². The Morgan fingerprint density at radius 1 is 0.352 bits per heavy atom. The second kappa shape index (κ2) is 11.7. The Hall–Kier alpha value is -3.58. The molecular formula is C27H12F26O. The molecular weight excluding hydrogens is 834 g/mol. The molecule has 0 amide bonds. The van der Waals surface area contributed by atoms with E-state index in [2.05, 4.69) is 0 Å². The summed E-state index contributed by atoms with van der Waals surface area (Å²) in [6, 6.07) is -1.55. The second-order valence-electron chi connectivity index (χ2n) is 11.9. The summed E-state index contributed by atoms with van der Waals surface area (Å²) in [6.45, 7) is 1.12. The Labute approximate surface area is 280 Å². The van der Waals surface area contributed by atoms with Gasteiger partial charge in [0.25, 0.3) is 0 Å². The number of alkyl halides is 26. The summed E-state index contributed by atoms with van der Waals surface area (Å²) in [6.07, 6.45) is -15.5. The quantitative estimate of drug-likeness (QED) is 0.217. The molecule has 0 aromatic heterocycles. The lowest BCUT2D eigenvalue weighted by Gasteiger charge is -2.41. The minimum absolute atomic E-state index is 0.0695. The number of hydrogen-bond donors (Lipinski definition) is 0. The van der Waals surface area contributed by atoms with Gasteiger partial charge in [0.15, 0.2) is 0 Å². The first-order chi connectivity index (χ1) is 23.4. The largest absolute Gasteiger partial charge is 0.460 e. The Morgan fingerprint density at radius 2 is 0.593 bits per heavy atom. The fraction of sp³-hybridized carbons (Fsp3) is 0.556. The molecule has 1 heterocycles. The Balaban J connectivity index is 2.18. The number of rotatable bonds is 10. The van der Waals surface area contributed by atoms with Crippen LogP contribution in [0, 0.1) is 0 Å². The molecule has 3 rings (SSSR count). The first-order valence-corrected chi connectivity index (χ1v) is 13.3. The van der Waals surface area contributed by atoms with Gasteiger partial charge in [-0.15, -0.1) is 0 Å². The summed E-state index contributed by atoms with van der Waals surface area (Å²) in [5.41, 5.74) is -10.3. The van der Waals surface area contributed by atoms with Crippen LogP contribution in [0.25, 0.3) is 0 Å². The van der Waals surface area contributed by atoms with E-state index in [1.807, 2.05) is 0 Å². The summed E-state index contributed by atoms with van der Waals surface area (Å²) in [5.74, 6) is -80.8. The van der Waals surface area contributed by atoms with Gasteiger partial charge in [-0.05, 0) is 36.4 Å². The van der Waals surface area contributed by atoms with Crippen molar-refractivity contribution in [3.63, 3.8) is 0 Å². The van der Waals surface area contributed by atoms with Crippen LogP contribution in [0.1, 0.15) is 36.1 Å². The van der Waals surface area contributed by atoms with Crippen LogP contribution in [0.4, 0.5) is 114 Å². The molecule has 27 heteroatoms. The average molecular weight is 846 g/mol. The van der Waals surface area contributed by atoms with E-state index in [9.17, 15) is 114 Å².